The Bertz CT molecular complexity index is 993. The molecule has 0 saturated carbocycles. The van der Waals surface area contributed by atoms with Crippen molar-refractivity contribution in [2.24, 2.45) is 4.99 Å². The Morgan fingerprint density at radius 3 is 2.46 bits per heavy atom. The fourth-order valence-corrected chi connectivity index (χ4v) is 4.21. The Hall–Kier alpha value is -1.97. The van der Waals surface area contributed by atoms with Gasteiger partial charge in [0, 0.05) is 4.47 Å². The summed E-state index contributed by atoms with van der Waals surface area (Å²) in [5.41, 5.74) is 1.55. The molecule has 0 radical (unpaired) electrons. The van der Waals surface area contributed by atoms with E-state index in [1.165, 1.54) is 7.11 Å². The lowest BCUT2D eigenvalue weighted by molar-refractivity contribution is -0.143. The molecule has 0 aromatic heterocycles. The Kier molecular flexibility index (Phi) is 6.69. The number of carbonyl (C=O) groups excluding carboxylic acids is 2. The van der Waals surface area contributed by atoms with E-state index in [-0.39, 0.29) is 18.2 Å². The van der Waals surface area contributed by atoms with Gasteiger partial charge in [-0.2, -0.15) is 0 Å². The zero-order chi connectivity index (χ0) is 20.3. The molecule has 0 aliphatic carbocycles. The van der Waals surface area contributed by atoms with Crippen LogP contribution in [0.5, 0.6) is 5.75 Å². The number of rotatable bonds is 5. The fraction of sp³-hybridized carbons (Fsp3) is 0.105. The summed E-state index contributed by atoms with van der Waals surface area (Å²) < 4.78 is 17.3. The Balaban J connectivity index is 1.88. The van der Waals surface area contributed by atoms with E-state index >= 15 is 0 Å². The van der Waals surface area contributed by atoms with Crippen LogP contribution in [0.2, 0.25) is 0 Å². The molecule has 144 valence electrons. The predicted molar refractivity (Wildman–Crippen MR) is 114 cm³/mol. The lowest BCUT2D eigenvalue weighted by Gasteiger charge is -2.10. The molecule has 0 spiro atoms. The summed E-state index contributed by atoms with van der Waals surface area (Å²) in [5, 5.41) is 0. The molecule has 1 heterocycles. The van der Waals surface area contributed by atoms with E-state index in [4.69, 9.17) is 9.47 Å². The van der Waals surface area contributed by atoms with Crippen LogP contribution in [0.25, 0.3) is 6.08 Å². The quantitative estimate of drug-likeness (QED) is 0.377. The Labute approximate surface area is 186 Å². The lowest BCUT2D eigenvalue weighted by atomic mass is 10.2. The fourth-order valence-electron chi connectivity index (χ4n) is 2.31. The minimum absolute atomic E-state index is 0.174. The van der Waals surface area contributed by atoms with Crippen molar-refractivity contribution in [2.45, 2.75) is 0 Å². The minimum Gasteiger partial charge on any atom is -0.480 e. The standard InChI is InChI=1S/C19H12Br3NO5/c1-26-16(24)9-27-17-13(21)6-10(7-14(17)22)8-15-19(25)28-18(23-15)11-4-2-3-5-12(11)20/h2-8H,9H2,1H3/b15-8-. The zero-order valence-electron chi connectivity index (χ0n) is 14.4. The second kappa shape index (κ2) is 9.02. The van der Waals surface area contributed by atoms with E-state index in [1.54, 1.807) is 24.3 Å². The van der Waals surface area contributed by atoms with Gasteiger partial charge in [0.05, 0.1) is 21.6 Å². The van der Waals surface area contributed by atoms with Crippen molar-refractivity contribution in [1.82, 2.24) is 0 Å². The second-order valence-electron chi connectivity index (χ2n) is 5.49. The van der Waals surface area contributed by atoms with Crippen LogP contribution < -0.4 is 4.74 Å². The van der Waals surface area contributed by atoms with Crippen molar-refractivity contribution in [3.05, 3.63) is 66.6 Å². The van der Waals surface area contributed by atoms with Crippen LogP contribution in [0.4, 0.5) is 0 Å². The maximum absolute atomic E-state index is 12.2. The van der Waals surface area contributed by atoms with E-state index in [1.807, 2.05) is 18.2 Å². The van der Waals surface area contributed by atoms with Crippen molar-refractivity contribution in [2.75, 3.05) is 13.7 Å². The van der Waals surface area contributed by atoms with Gasteiger partial charge in [0.1, 0.15) is 5.75 Å². The SMILES string of the molecule is COC(=O)COc1c(Br)cc(/C=C2\N=C(c3ccccc3Br)OC2=O)cc1Br. The first-order valence-electron chi connectivity index (χ1n) is 7.85. The molecule has 0 fully saturated rings. The van der Waals surface area contributed by atoms with E-state index < -0.39 is 11.9 Å². The highest BCUT2D eigenvalue weighted by Crippen LogP contribution is 2.36. The maximum atomic E-state index is 12.2. The van der Waals surface area contributed by atoms with Gasteiger partial charge in [0.2, 0.25) is 5.90 Å². The molecule has 0 bridgehead atoms. The number of esters is 2. The summed E-state index contributed by atoms with van der Waals surface area (Å²) in [6.07, 6.45) is 1.60. The number of aliphatic imine (C=N–C) groups is 1. The van der Waals surface area contributed by atoms with Crippen LogP contribution >= 0.6 is 47.8 Å². The largest absolute Gasteiger partial charge is 0.480 e. The third kappa shape index (κ3) is 4.71. The first kappa shape index (κ1) is 20.8. The number of carbonyl (C=O) groups is 2. The first-order valence-corrected chi connectivity index (χ1v) is 10.2. The molecule has 0 N–H and O–H groups in total. The summed E-state index contributed by atoms with van der Waals surface area (Å²) in [7, 11) is 1.29. The summed E-state index contributed by atoms with van der Waals surface area (Å²) >= 11 is 10.2. The molecular weight excluding hydrogens is 562 g/mol. The predicted octanol–water partition coefficient (Wildman–Crippen LogP) is 4.87. The van der Waals surface area contributed by atoms with Crippen LogP contribution in [0.1, 0.15) is 11.1 Å². The molecule has 0 atom stereocenters. The van der Waals surface area contributed by atoms with Crippen LogP contribution in [0.3, 0.4) is 0 Å². The smallest absolute Gasteiger partial charge is 0.363 e. The highest BCUT2D eigenvalue weighted by Gasteiger charge is 2.25. The van der Waals surface area contributed by atoms with Gasteiger partial charge in [-0.3, -0.25) is 0 Å². The molecule has 1 aliphatic heterocycles. The van der Waals surface area contributed by atoms with Crippen molar-refractivity contribution in [1.29, 1.82) is 0 Å². The number of methoxy groups -OCH3 is 1. The summed E-state index contributed by atoms with van der Waals surface area (Å²) in [6, 6.07) is 10.8. The third-order valence-electron chi connectivity index (χ3n) is 3.61. The molecule has 0 unspecified atom stereocenters. The molecular formula is C19H12Br3NO5. The summed E-state index contributed by atoms with van der Waals surface area (Å²) in [5.74, 6) is -0.351. The number of hydrogen-bond acceptors (Lipinski definition) is 6. The molecule has 2 aromatic rings. The van der Waals surface area contributed by atoms with Crippen LogP contribution in [-0.2, 0) is 19.1 Å². The maximum Gasteiger partial charge on any atom is 0.363 e. The number of benzene rings is 2. The topological polar surface area (TPSA) is 74.2 Å². The van der Waals surface area contributed by atoms with Gasteiger partial charge < -0.3 is 14.2 Å². The van der Waals surface area contributed by atoms with Gasteiger partial charge in [-0.15, -0.1) is 0 Å². The summed E-state index contributed by atoms with van der Waals surface area (Å²) in [4.78, 5) is 27.8. The van der Waals surface area contributed by atoms with E-state index in [2.05, 4.69) is 57.5 Å². The van der Waals surface area contributed by atoms with Gasteiger partial charge in [0.25, 0.3) is 0 Å². The molecule has 28 heavy (non-hydrogen) atoms. The van der Waals surface area contributed by atoms with Crippen molar-refractivity contribution in [3.8, 4) is 5.75 Å². The first-order chi connectivity index (χ1) is 13.4. The normalized spacial score (nSPS) is 14.6. The number of ether oxygens (including phenoxy) is 3. The van der Waals surface area contributed by atoms with Gasteiger partial charge >= 0.3 is 11.9 Å². The number of cyclic esters (lactones) is 1. The van der Waals surface area contributed by atoms with Crippen LogP contribution in [-0.4, -0.2) is 31.6 Å². The molecule has 6 nitrogen and oxygen atoms in total. The van der Waals surface area contributed by atoms with Gasteiger partial charge in [-0.05, 0) is 83.7 Å². The van der Waals surface area contributed by atoms with Gasteiger partial charge in [-0.1, -0.05) is 12.1 Å². The molecule has 1 aliphatic rings. The minimum atomic E-state index is -0.538. The molecule has 2 aromatic carbocycles. The van der Waals surface area contributed by atoms with Crippen molar-refractivity contribution < 1.29 is 23.8 Å². The van der Waals surface area contributed by atoms with Gasteiger partial charge in [-0.25, -0.2) is 14.6 Å². The van der Waals surface area contributed by atoms with Crippen LogP contribution in [0, 0.1) is 0 Å². The van der Waals surface area contributed by atoms with Crippen molar-refractivity contribution >= 4 is 71.7 Å². The van der Waals surface area contributed by atoms with Crippen LogP contribution in [0.15, 0.2) is 60.5 Å². The number of nitrogens with zero attached hydrogens (tertiary/aromatic N) is 1. The average Bonchev–Trinajstić information content (AvgIpc) is 3.01. The van der Waals surface area contributed by atoms with Gasteiger partial charge in [0.15, 0.2) is 12.3 Å². The highest BCUT2D eigenvalue weighted by atomic mass is 79.9. The second-order valence-corrected chi connectivity index (χ2v) is 8.06. The molecule has 0 saturated heterocycles. The zero-order valence-corrected chi connectivity index (χ0v) is 19.1. The highest BCUT2D eigenvalue weighted by molar-refractivity contribution is 9.11. The number of hydrogen-bond donors (Lipinski definition) is 0. The lowest BCUT2D eigenvalue weighted by Crippen LogP contribution is -2.13. The summed E-state index contributed by atoms with van der Waals surface area (Å²) in [6.45, 7) is -0.222. The Morgan fingerprint density at radius 2 is 1.82 bits per heavy atom. The van der Waals surface area contributed by atoms with E-state index in [0.717, 1.165) is 4.47 Å². The molecule has 9 heteroatoms. The Morgan fingerprint density at radius 1 is 1.14 bits per heavy atom. The van der Waals surface area contributed by atoms with Crippen molar-refractivity contribution in [3.63, 3.8) is 0 Å². The van der Waals surface area contributed by atoms with E-state index in [9.17, 15) is 9.59 Å². The van der Waals surface area contributed by atoms with E-state index in [0.29, 0.717) is 25.8 Å². The average molecular weight is 574 g/mol. The molecule has 3 rings (SSSR count). The number of halogens is 3. The molecule has 0 amide bonds. The third-order valence-corrected chi connectivity index (χ3v) is 5.48. The monoisotopic (exact) mass is 571 g/mol.